The van der Waals surface area contributed by atoms with E-state index in [4.69, 9.17) is 4.74 Å². The van der Waals surface area contributed by atoms with Gasteiger partial charge in [0.25, 0.3) is 0 Å². The summed E-state index contributed by atoms with van der Waals surface area (Å²) in [5, 5.41) is 11.7. The van der Waals surface area contributed by atoms with Crippen LogP contribution in [0.2, 0.25) is 0 Å². The highest BCUT2D eigenvalue weighted by Crippen LogP contribution is 2.46. The van der Waals surface area contributed by atoms with Crippen LogP contribution in [-0.2, 0) is 16.0 Å². The minimum atomic E-state index is -0.502. The zero-order valence-corrected chi connectivity index (χ0v) is 21.2. The molecule has 6 heteroatoms. The van der Waals surface area contributed by atoms with Crippen molar-refractivity contribution in [3.63, 3.8) is 0 Å². The fourth-order valence-electron chi connectivity index (χ4n) is 6.35. The Bertz CT molecular complexity index is 971. The maximum absolute atomic E-state index is 13.2. The van der Waals surface area contributed by atoms with E-state index >= 15 is 0 Å². The number of carbonyl (C=O) groups is 1. The molecule has 3 aliphatic rings. The molecule has 2 fully saturated rings. The molecule has 5 nitrogen and oxygen atoms in total. The van der Waals surface area contributed by atoms with Crippen molar-refractivity contribution in [3.05, 3.63) is 35.5 Å². The Labute approximate surface area is 201 Å². The Morgan fingerprint density at radius 2 is 2.03 bits per heavy atom. The van der Waals surface area contributed by atoms with Crippen molar-refractivity contribution in [2.45, 2.75) is 89.5 Å². The molecule has 5 atom stereocenters. The smallest absolute Gasteiger partial charge is 0.310 e. The van der Waals surface area contributed by atoms with Crippen molar-refractivity contribution in [1.29, 1.82) is 0 Å². The van der Waals surface area contributed by atoms with E-state index in [2.05, 4.69) is 54.6 Å². The number of piperidine rings is 1. The molecule has 2 heterocycles. The molecular formula is C26H37BrN2O3. The van der Waals surface area contributed by atoms with E-state index in [1.807, 2.05) is 0 Å². The Morgan fingerprint density at radius 3 is 2.75 bits per heavy atom. The molecule has 32 heavy (non-hydrogen) atoms. The quantitative estimate of drug-likeness (QED) is 0.595. The zero-order valence-electron chi connectivity index (χ0n) is 19.5. The summed E-state index contributed by atoms with van der Waals surface area (Å²) in [6.45, 7) is 8.38. The third-order valence-corrected chi connectivity index (χ3v) is 7.96. The molecule has 0 spiro atoms. The number of likely N-dealkylation sites (tertiary alicyclic amines) is 1. The molecule has 0 radical (unpaired) electrons. The third kappa shape index (κ3) is 4.03. The summed E-state index contributed by atoms with van der Waals surface area (Å²) in [7, 11) is 0. The molecule has 2 aliphatic carbocycles. The molecule has 5 rings (SSSR count). The van der Waals surface area contributed by atoms with Crippen LogP contribution < -0.4 is 0 Å². The average molecular weight is 505 g/mol. The summed E-state index contributed by atoms with van der Waals surface area (Å²) in [6.07, 6.45) is 7.00. The van der Waals surface area contributed by atoms with Gasteiger partial charge < -0.3 is 14.4 Å². The minimum Gasteiger partial charge on any atom is -0.459 e. The van der Waals surface area contributed by atoms with Gasteiger partial charge in [-0.25, -0.2) is 0 Å². The molecule has 0 bridgehead atoms. The predicted molar refractivity (Wildman–Crippen MR) is 133 cm³/mol. The van der Waals surface area contributed by atoms with Gasteiger partial charge in [0.2, 0.25) is 0 Å². The lowest BCUT2D eigenvalue weighted by atomic mass is 9.72. The van der Waals surface area contributed by atoms with Crippen molar-refractivity contribution in [3.8, 4) is 0 Å². The first-order valence-corrected chi connectivity index (χ1v) is 12.2. The topological polar surface area (TPSA) is 54.7 Å². The molecule has 3 unspecified atom stereocenters. The van der Waals surface area contributed by atoms with Crippen LogP contribution in [0.15, 0.2) is 24.4 Å². The number of aliphatic hydroxyl groups is 1. The molecule has 176 valence electrons. The normalized spacial score (nSPS) is 30.1. The number of ether oxygens (including phenoxy) is 1. The van der Waals surface area contributed by atoms with Crippen LogP contribution in [0.25, 0.3) is 10.9 Å². The summed E-state index contributed by atoms with van der Waals surface area (Å²) in [5.41, 5.74) is 4.17. The lowest BCUT2D eigenvalue weighted by molar-refractivity contribution is -0.165. The van der Waals surface area contributed by atoms with Gasteiger partial charge in [0.1, 0.15) is 6.10 Å². The second-order valence-corrected chi connectivity index (χ2v) is 10.1. The van der Waals surface area contributed by atoms with E-state index in [1.54, 1.807) is 0 Å². The second kappa shape index (κ2) is 9.47. The summed E-state index contributed by atoms with van der Waals surface area (Å²) in [6, 6.07) is 7.56. The number of fused-ring (bicyclic) bond motifs is 2. The first kappa shape index (κ1) is 23.8. The Kier molecular flexibility index (Phi) is 7.04. The number of benzene rings is 1. The molecular weight excluding hydrogens is 468 g/mol. The molecule has 2 aromatic rings. The number of nitrogens with zero attached hydrogens (tertiary/aromatic N) is 2. The maximum atomic E-state index is 13.2. The predicted octanol–water partition coefficient (Wildman–Crippen LogP) is 5.00. The summed E-state index contributed by atoms with van der Waals surface area (Å²) >= 11 is 0. The van der Waals surface area contributed by atoms with Crippen LogP contribution in [0.5, 0.6) is 0 Å². The molecule has 1 saturated heterocycles. The fourth-order valence-corrected chi connectivity index (χ4v) is 6.35. The Hall–Kier alpha value is -1.37. The largest absolute Gasteiger partial charge is 0.459 e. The number of carbonyl (C=O) groups excluding carboxylic acids is 1. The Balaban J connectivity index is 0.00000245. The van der Waals surface area contributed by atoms with E-state index in [9.17, 15) is 9.90 Å². The zero-order chi connectivity index (χ0) is 21.7. The Morgan fingerprint density at radius 1 is 1.25 bits per heavy atom. The van der Waals surface area contributed by atoms with E-state index < -0.39 is 6.10 Å². The maximum Gasteiger partial charge on any atom is 0.310 e. The first-order chi connectivity index (χ1) is 15.0. The van der Waals surface area contributed by atoms with Crippen LogP contribution in [0.4, 0.5) is 0 Å². The fraction of sp³-hybridized carbons (Fsp3) is 0.654. The molecule has 1 aliphatic heterocycles. The number of esters is 1. The number of hydrogen-bond acceptors (Lipinski definition) is 4. The van der Waals surface area contributed by atoms with Gasteiger partial charge in [-0.2, -0.15) is 0 Å². The van der Waals surface area contributed by atoms with Gasteiger partial charge in [-0.05, 0) is 69.7 Å². The molecule has 1 N–H and O–H groups in total. The lowest BCUT2D eigenvalue weighted by Gasteiger charge is -2.46. The van der Waals surface area contributed by atoms with Crippen LogP contribution in [0.1, 0.15) is 76.0 Å². The monoisotopic (exact) mass is 504 g/mol. The molecule has 0 amide bonds. The summed E-state index contributed by atoms with van der Waals surface area (Å²) < 4.78 is 8.27. The van der Waals surface area contributed by atoms with Crippen LogP contribution >= 0.6 is 17.0 Å². The van der Waals surface area contributed by atoms with Crippen molar-refractivity contribution >= 4 is 33.9 Å². The van der Waals surface area contributed by atoms with Crippen LogP contribution in [0, 0.1) is 5.92 Å². The average Bonchev–Trinajstić information content (AvgIpc) is 3.15. The van der Waals surface area contributed by atoms with E-state index in [-0.39, 0.29) is 35.0 Å². The second-order valence-electron chi connectivity index (χ2n) is 10.1. The van der Waals surface area contributed by atoms with Gasteiger partial charge in [-0.1, -0.05) is 25.5 Å². The van der Waals surface area contributed by atoms with E-state index in [0.29, 0.717) is 18.0 Å². The number of likely N-dealkylation sites (N-methyl/N-ethyl adjacent to an activating group) is 1. The van der Waals surface area contributed by atoms with Crippen molar-refractivity contribution < 1.29 is 14.6 Å². The van der Waals surface area contributed by atoms with Crippen molar-refractivity contribution in [2.75, 3.05) is 13.1 Å². The number of rotatable bonds is 4. The minimum absolute atomic E-state index is 0. The molecule has 1 saturated carbocycles. The first-order valence-electron chi connectivity index (χ1n) is 12.2. The van der Waals surface area contributed by atoms with Gasteiger partial charge >= 0.3 is 5.97 Å². The van der Waals surface area contributed by atoms with Gasteiger partial charge in [0.15, 0.2) is 0 Å². The lowest BCUT2D eigenvalue weighted by Crippen LogP contribution is -2.52. The molecule has 1 aromatic heterocycles. The van der Waals surface area contributed by atoms with E-state index in [0.717, 1.165) is 51.6 Å². The number of hydrogen-bond donors (Lipinski definition) is 1. The van der Waals surface area contributed by atoms with Gasteiger partial charge in [-0.15, -0.1) is 17.0 Å². The van der Waals surface area contributed by atoms with Crippen molar-refractivity contribution in [1.82, 2.24) is 9.47 Å². The van der Waals surface area contributed by atoms with Gasteiger partial charge in [0, 0.05) is 41.6 Å². The summed E-state index contributed by atoms with van der Waals surface area (Å²) in [4.78, 5) is 15.7. The van der Waals surface area contributed by atoms with Gasteiger partial charge in [-0.3, -0.25) is 9.69 Å². The number of aromatic nitrogens is 1. The highest BCUT2D eigenvalue weighted by Gasteiger charge is 2.43. The highest BCUT2D eigenvalue weighted by molar-refractivity contribution is 8.93. The standard InChI is InChI=1S/C26H36N2O3.BrH/c1-4-27-14-18(26(30)31-24-11-6-5-10-23(24)29)12-20-19-8-7-9-21-25(19)17(13-22(20)27)15-28(21)16(2)3;/h7-9,15-16,18,20,22-24,29H,4-6,10-14H2,1-3H3;1H/t18-,20?,22-,23?,24?;/m1./s1. The van der Waals surface area contributed by atoms with Gasteiger partial charge in [0.05, 0.1) is 12.0 Å². The van der Waals surface area contributed by atoms with Crippen LogP contribution in [-0.4, -0.2) is 51.9 Å². The number of aliphatic hydroxyl groups excluding tert-OH is 1. The van der Waals surface area contributed by atoms with Crippen LogP contribution in [0.3, 0.4) is 0 Å². The highest BCUT2D eigenvalue weighted by atomic mass is 79.9. The summed E-state index contributed by atoms with van der Waals surface area (Å²) in [5.74, 6) is 0.113. The van der Waals surface area contributed by atoms with E-state index in [1.165, 1.54) is 22.0 Å². The number of halogens is 1. The molecule has 1 aromatic carbocycles. The SMILES string of the molecule is Br.CCN1C[C@H](C(=O)OC2CCCCC2O)CC2c3cccc4c3c(cn4C(C)C)C[C@H]21. The van der Waals surface area contributed by atoms with Crippen molar-refractivity contribution in [2.24, 2.45) is 5.92 Å². The third-order valence-electron chi connectivity index (χ3n) is 7.96.